The van der Waals surface area contributed by atoms with Crippen molar-refractivity contribution in [3.63, 3.8) is 0 Å². The Balaban J connectivity index is 1.79. The molecule has 0 aromatic heterocycles. The van der Waals surface area contributed by atoms with Crippen molar-refractivity contribution < 1.29 is 19.2 Å². The fourth-order valence-corrected chi connectivity index (χ4v) is 8.06. The zero-order chi connectivity index (χ0) is 35.2. The quantitative estimate of drug-likeness (QED) is 0.171. The van der Waals surface area contributed by atoms with Crippen LogP contribution in [0.15, 0.2) is 42.5 Å². The summed E-state index contributed by atoms with van der Waals surface area (Å²) in [7, 11) is 0. The Labute approximate surface area is 291 Å². The van der Waals surface area contributed by atoms with Gasteiger partial charge >= 0.3 is 0 Å². The lowest BCUT2D eigenvalue weighted by atomic mass is 9.75. The van der Waals surface area contributed by atoms with Gasteiger partial charge in [-0.15, -0.1) is 0 Å². The average Bonchev–Trinajstić information content (AvgIpc) is 3.04. The highest BCUT2D eigenvalue weighted by atomic mass is 16.2. The Hall–Kier alpha value is -4.46. The molecular formula is C41H52N4O4. The molecule has 0 radical (unpaired) electrons. The zero-order valence-corrected chi connectivity index (χ0v) is 30.0. The number of aryl methyl sites for hydroxylation is 2. The first-order chi connectivity index (χ1) is 23.4. The molecule has 0 unspecified atom stereocenters. The Morgan fingerprint density at radius 2 is 0.898 bits per heavy atom. The fraction of sp³-hybridized carbons (Fsp3) is 0.463. The van der Waals surface area contributed by atoms with Gasteiger partial charge in [0.05, 0.1) is 11.4 Å². The lowest BCUT2D eigenvalue weighted by Crippen LogP contribution is -2.17. The second kappa shape index (κ2) is 15.8. The zero-order valence-electron chi connectivity index (χ0n) is 30.0. The van der Waals surface area contributed by atoms with E-state index in [1.807, 2.05) is 18.2 Å². The molecule has 4 amide bonds. The van der Waals surface area contributed by atoms with E-state index in [0.717, 1.165) is 102 Å². The lowest BCUT2D eigenvalue weighted by Gasteiger charge is -2.31. The van der Waals surface area contributed by atoms with Crippen LogP contribution in [0.25, 0.3) is 0 Å². The van der Waals surface area contributed by atoms with Gasteiger partial charge in [-0.2, -0.15) is 0 Å². The standard InChI is InChI=1S/C41H52N4O4/c1-24-19-38(43-27(4)47)35(30-13-9-7-10-14-30)22-33(24)41(32-17-18-37(42-26(3)46)40(21-32)45-29(6)49)34-23-36(31-15-11-8-12-16-31)39(20-25(34)2)44-28(5)48/h17-23,30-31,41H,7-16H2,1-6H3,(H,42,46)(H,43,47)(H,44,48)(H,45,49). The van der Waals surface area contributed by atoms with Crippen molar-refractivity contribution in [1.82, 2.24) is 0 Å². The summed E-state index contributed by atoms with van der Waals surface area (Å²) < 4.78 is 0. The number of anilines is 4. The molecule has 2 aliphatic carbocycles. The molecule has 8 heteroatoms. The molecule has 0 aliphatic heterocycles. The van der Waals surface area contributed by atoms with E-state index in [4.69, 9.17) is 0 Å². The van der Waals surface area contributed by atoms with Gasteiger partial charge in [0.2, 0.25) is 23.6 Å². The number of hydrogen-bond donors (Lipinski definition) is 4. The Bertz CT molecular complexity index is 1650. The van der Waals surface area contributed by atoms with Gasteiger partial charge in [0.15, 0.2) is 0 Å². The molecule has 2 saturated carbocycles. The van der Waals surface area contributed by atoms with E-state index in [9.17, 15) is 19.2 Å². The first-order valence-corrected chi connectivity index (χ1v) is 17.9. The number of carbonyl (C=O) groups is 4. The van der Waals surface area contributed by atoms with Gasteiger partial charge in [0.25, 0.3) is 0 Å². The Morgan fingerprint density at radius 1 is 0.510 bits per heavy atom. The smallest absolute Gasteiger partial charge is 0.221 e. The SMILES string of the molecule is CC(=O)Nc1ccc(C(c2cc(C3CCCCC3)c(NC(C)=O)cc2C)c2cc(C3CCCCC3)c(NC(C)=O)cc2C)cc1NC(C)=O. The van der Waals surface area contributed by atoms with Crippen molar-refractivity contribution in [1.29, 1.82) is 0 Å². The summed E-state index contributed by atoms with van der Waals surface area (Å²) in [6.45, 7) is 10.2. The molecule has 260 valence electrons. The fourth-order valence-electron chi connectivity index (χ4n) is 8.06. The summed E-state index contributed by atoms with van der Waals surface area (Å²) >= 11 is 0. The van der Waals surface area contributed by atoms with Crippen LogP contribution in [-0.2, 0) is 19.2 Å². The van der Waals surface area contributed by atoms with Crippen LogP contribution in [0.1, 0.15) is 149 Å². The second-order valence-electron chi connectivity index (χ2n) is 14.2. The largest absolute Gasteiger partial charge is 0.326 e. The van der Waals surface area contributed by atoms with Crippen LogP contribution in [0.3, 0.4) is 0 Å². The summed E-state index contributed by atoms with van der Waals surface area (Å²) in [5, 5.41) is 12.1. The third kappa shape index (κ3) is 8.77. The van der Waals surface area contributed by atoms with Crippen LogP contribution in [0.2, 0.25) is 0 Å². The number of carbonyl (C=O) groups excluding carboxylic acids is 4. The first-order valence-electron chi connectivity index (χ1n) is 17.9. The highest BCUT2D eigenvalue weighted by Crippen LogP contribution is 2.46. The first kappa shape index (κ1) is 35.8. The summed E-state index contributed by atoms with van der Waals surface area (Å²) in [6.07, 6.45) is 11.4. The highest BCUT2D eigenvalue weighted by Gasteiger charge is 2.29. The van der Waals surface area contributed by atoms with Crippen LogP contribution < -0.4 is 21.3 Å². The summed E-state index contributed by atoms with van der Waals surface area (Å²) in [5.41, 5.74) is 10.5. The maximum atomic E-state index is 12.4. The third-order valence-electron chi connectivity index (χ3n) is 10.2. The van der Waals surface area contributed by atoms with Crippen molar-refractivity contribution in [3.05, 3.63) is 81.4 Å². The molecule has 8 nitrogen and oxygen atoms in total. The van der Waals surface area contributed by atoms with E-state index in [0.29, 0.717) is 23.2 Å². The molecule has 0 spiro atoms. The van der Waals surface area contributed by atoms with E-state index in [1.54, 1.807) is 13.8 Å². The van der Waals surface area contributed by atoms with Crippen molar-refractivity contribution >= 4 is 46.4 Å². The second-order valence-corrected chi connectivity index (χ2v) is 14.2. The minimum Gasteiger partial charge on any atom is -0.326 e. The van der Waals surface area contributed by atoms with Crippen LogP contribution >= 0.6 is 0 Å². The molecule has 0 saturated heterocycles. The predicted molar refractivity (Wildman–Crippen MR) is 199 cm³/mol. The highest BCUT2D eigenvalue weighted by molar-refractivity contribution is 5.98. The van der Waals surface area contributed by atoms with Crippen LogP contribution in [0.5, 0.6) is 0 Å². The van der Waals surface area contributed by atoms with Gasteiger partial charge in [0, 0.05) is 45.0 Å². The summed E-state index contributed by atoms with van der Waals surface area (Å²) in [5.74, 6) is -0.180. The van der Waals surface area contributed by atoms with Gasteiger partial charge in [-0.05, 0) is 115 Å². The minimum absolute atomic E-state index is 0.0872. The number of hydrogen-bond acceptors (Lipinski definition) is 4. The molecule has 0 heterocycles. The molecule has 5 rings (SSSR count). The van der Waals surface area contributed by atoms with Crippen molar-refractivity contribution in [2.75, 3.05) is 21.3 Å². The van der Waals surface area contributed by atoms with Crippen LogP contribution in [0.4, 0.5) is 22.7 Å². The van der Waals surface area contributed by atoms with Gasteiger partial charge in [-0.3, -0.25) is 19.2 Å². The Kier molecular flexibility index (Phi) is 11.6. The lowest BCUT2D eigenvalue weighted by molar-refractivity contribution is -0.115. The number of amides is 4. The normalized spacial score (nSPS) is 15.5. The summed E-state index contributed by atoms with van der Waals surface area (Å²) in [6, 6.07) is 14.7. The van der Waals surface area contributed by atoms with E-state index in [1.165, 1.54) is 26.7 Å². The van der Waals surface area contributed by atoms with E-state index >= 15 is 0 Å². The molecule has 3 aromatic carbocycles. The van der Waals surface area contributed by atoms with Crippen molar-refractivity contribution in [3.8, 4) is 0 Å². The van der Waals surface area contributed by atoms with E-state index in [-0.39, 0.29) is 29.5 Å². The minimum atomic E-state index is -0.235. The molecule has 2 fully saturated rings. The molecule has 4 N–H and O–H groups in total. The molecule has 3 aromatic rings. The summed E-state index contributed by atoms with van der Waals surface area (Å²) in [4.78, 5) is 49.3. The molecule has 2 aliphatic rings. The molecular weight excluding hydrogens is 612 g/mol. The monoisotopic (exact) mass is 664 g/mol. The average molecular weight is 665 g/mol. The molecule has 49 heavy (non-hydrogen) atoms. The maximum Gasteiger partial charge on any atom is 0.221 e. The Morgan fingerprint density at radius 3 is 1.31 bits per heavy atom. The topological polar surface area (TPSA) is 116 Å². The molecule has 0 bridgehead atoms. The van der Waals surface area contributed by atoms with Gasteiger partial charge in [0.1, 0.15) is 0 Å². The number of nitrogens with one attached hydrogen (secondary N) is 4. The van der Waals surface area contributed by atoms with Gasteiger partial charge in [-0.25, -0.2) is 0 Å². The third-order valence-corrected chi connectivity index (χ3v) is 10.2. The predicted octanol–water partition coefficient (Wildman–Crippen LogP) is 9.41. The van der Waals surface area contributed by atoms with E-state index < -0.39 is 0 Å². The number of rotatable bonds is 9. The van der Waals surface area contributed by atoms with Gasteiger partial charge < -0.3 is 21.3 Å². The number of benzene rings is 3. The van der Waals surface area contributed by atoms with E-state index in [2.05, 4.69) is 59.4 Å². The van der Waals surface area contributed by atoms with Crippen LogP contribution in [0, 0.1) is 13.8 Å². The molecule has 0 atom stereocenters. The van der Waals surface area contributed by atoms with Gasteiger partial charge in [-0.1, -0.05) is 56.7 Å². The van der Waals surface area contributed by atoms with Crippen molar-refractivity contribution in [2.24, 2.45) is 0 Å². The van der Waals surface area contributed by atoms with Crippen molar-refractivity contribution in [2.45, 2.75) is 124 Å². The van der Waals surface area contributed by atoms with Crippen LogP contribution in [-0.4, -0.2) is 23.6 Å². The maximum absolute atomic E-state index is 12.4.